The van der Waals surface area contributed by atoms with E-state index in [2.05, 4.69) is 10.6 Å². The summed E-state index contributed by atoms with van der Waals surface area (Å²) in [5.74, 6) is -1.29. The second kappa shape index (κ2) is 6.53. The molecule has 2 amide bonds. The summed E-state index contributed by atoms with van der Waals surface area (Å²) in [6.07, 6.45) is 0.659. The van der Waals surface area contributed by atoms with Crippen LogP contribution >= 0.6 is 0 Å². The van der Waals surface area contributed by atoms with Crippen molar-refractivity contribution in [2.45, 2.75) is 18.1 Å². The van der Waals surface area contributed by atoms with Gasteiger partial charge in [0.1, 0.15) is 5.60 Å². The smallest absolute Gasteiger partial charge is 0.328 e. The highest BCUT2D eigenvalue weighted by Crippen LogP contribution is 2.21. The van der Waals surface area contributed by atoms with E-state index in [0.29, 0.717) is 19.6 Å². The van der Waals surface area contributed by atoms with Gasteiger partial charge in [-0.25, -0.2) is 9.59 Å². The summed E-state index contributed by atoms with van der Waals surface area (Å²) >= 11 is 0. The Morgan fingerprint density at radius 3 is 2.72 bits per heavy atom. The average Bonchev–Trinajstić information content (AvgIpc) is 2.82. The first-order valence-electron chi connectivity index (χ1n) is 5.54. The Labute approximate surface area is 104 Å². The van der Waals surface area contributed by atoms with Crippen LogP contribution in [-0.4, -0.2) is 67.3 Å². The van der Waals surface area contributed by atoms with Crippen molar-refractivity contribution < 1.29 is 29.3 Å². The van der Waals surface area contributed by atoms with Crippen LogP contribution in [0, 0.1) is 0 Å². The zero-order valence-corrected chi connectivity index (χ0v) is 10.1. The highest BCUT2D eigenvalue weighted by atomic mass is 16.5. The van der Waals surface area contributed by atoms with E-state index in [1.54, 1.807) is 0 Å². The molecule has 0 saturated carbocycles. The second-order valence-corrected chi connectivity index (χ2v) is 4.09. The van der Waals surface area contributed by atoms with Gasteiger partial charge in [0.15, 0.2) is 6.04 Å². The average molecular weight is 262 g/mol. The number of aliphatic carboxylic acids is 1. The van der Waals surface area contributed by atoms with Gasteiger partial charge in [-0.2, -0.15) is 0 Å². The van der Waals surface area contributed by atoms with Gasteiger partial charge in [-0.15, -0.1) is 0 Å². The molecule has 0 spiro atoms. The number of methoxy groups -OCH3 is 1. The molecule has 1 aliphatic heterocycles. The lowest BCUT2D eigenvalue weighted by Gasteiger charge is -2.26. The minimum Gasteiger partial charge on any atom is -0.480 e. The number of nitrogens with one attached hydrogen (secondary N) is 2. The van der Waals surface area contributed by atoms with E-state index in [1.807, 2.05) is 0 Å². The molecule has 1 fully saturated rings. The summed E-state index contributed by atoms with van der Waals surface area (Å²) < 4.78 is 10.5. The molecule has 4 N–H and O–H groups in total. The second-order valence-electron chi connectivity index (χ2n) is 4.09. The normalized spacial score (nSPS) is 24.6. The number of carboxylic acids is 1. The first-order valence-corrected chi connectivity index (χ1v) is 5.54. The van der Waals surface area contributed by atoms with Crippen molar-refractivity contribution in [1.82, 2.24) is 10.6 Å². The zero-order valence-electron chi connectivity index (χ0n) is 10.1. The number of amides is 2. The van der Waals surface area contributed by atoms with E-state index in [1.165, 1.54) is 7.11 Å². The lowest BCUT2D eigenvalue weighted by molar-refractivity contribution is -0.140. The summed E-state index contributed by atoms with van der Waals surface area (Å²) in [6.45, 7) is 0.492. The molecule has 8 heteroatoms. The molecular weight excluding hydrogens is 244 g/mol. The van der Waals surface area contributed by atoms with Gasteiger partial charge in [0.05, 0.1) is 19.8 Å². The molecule has 2 unspecified atom stereocenters. The van der Waals surface area contributed by atoms with Crippen LogP contribution in [0.3, 0.4) is 0 Å². The van der Waals surface area contributed by atoms with Gasteiger partial charge in [0, 0.05) is 20.1 Å². The third-order valence-electron chi connectivity index (χ3n) is 2.86. The number of aliphatic hydroxyl groups is 1. The van der Waals surface area contributed by atoms with E-state index in [-0.39, 0.29) is 6.54 Å². The van der Waals surface area contributed by atoms with Gasteiger partial charge >= 0.3 is 12.0 Å². The zero-order chi connectivity index (χ0) is 13.6. The lowest BCUT2D eigenvalue weighted by Crippen LogP contribution is -2.52. The van der Waals surface area contributed by atoms with Crippen molar-refractivity contribution in [1.29, 1.82) is 0 Å². The Morgan fingerprint density at radius 1 is 1.56 bits per heavy atom. The summed E-state index contributed by atoms with van der Waals surface area (Å²) in [4.78, 5) is 22.0. The Kier molecular flexibility index (Phi) is 5.32. The third kappa shape index (κ3) is 3.83. The maximum Gasteiger partial charge on any atom is 0.328 e. The van der Waals surface area contributed by atoms with Crippen molar-refractivity contribution >= 4 is 12.0 Å². The minimum absolute atomic E-state index is 0.215. The van der Waals surface area contributed by atoms with Crippen LogP contribution in [0.25, 0.3) is 0 Å². The fourth-order valence-electron chi connectivity index (χ4n) is 1.60. The predicted octanol–water partition coefficient (Wildman–Crippen LogP) is -1.46. The number of urea groups is 1. The van der Waals surface area contributed by atoms with Gasteiger partial charge in [-0.3, -0.25) is 0 Å². The Bertz CT molecular complexity index is 303. The standard InChI is InChI=1S/C10H18N2O6/c1-17-10(2-3-18-6-10)5-11-9(16)12-7(4-13)8(14)15/h7,13H,2-6H2,1H3,(H,14,15)(H2,11,12,16). The van der Waals surface area contributed by atoms with Gasteiger partial charge in [0.25, 0.3) is 0 Å². The van der Waals surface area contributed by atoms with Crippen LogP contribution in [-0.2, 0) is 14.3 Å². The van der Waals surface area contributed by atoms with E-state index in [9.17, 15) is 9.59 Å². The van der Waals surface area contributed by atoms with Crippen molar-refractivity contribution in [2.75, 3.05) is 33.5 Å². The number of hydrogen-bond acceptors (Lipinski definition) is 5. The maximum atomic E-state index is 11.4. The quantitative estimate of drug-likeness (QED) is 0.464. The van der Waals surface area contributed by atoms with Crippen LogP contribution in [0.2, 0.25) is 0 Å². The molecule has 1 heterocycles. The number of rotatable bonds is 6. The van der Waals surface area contributed by atoms with Crippen molar-refractivity contribution in [3.63, 3.8) is 0 Å². The molecule has 0 radical (unpaired) electrons. The molecule has 0 aromatic rings. The Morgan fingerprint density at radius 2 is 2.28 bits per heavy atom. The van der Waals surface area contributed by atoms with E-state index in [0.717, 1.165) is 0 Å². The monoisotopic (exact) mass is 262 g/mol. The molecule has 0 bridgehead atoms. The Hall–Kier alpha value is -1.38. The number of carbonyl (C=O) groups excluding carboxylic acids is 1. The van der Waals surface area contributed by atoms with Crippen molar-refractivity contribution in [3.8, 4) is 0 Å². The topological polar surface area (TPSA) is 117 Å². The summed E-state index contributed by atoms with van der Waals surface area (Å²) in [7, 11) is 1.53. The molecule has 1 aliphatic rings. The van der Waals surface area contributed by atoms with Gasteiger partial charge in [-0.05, 0) is 0 Å². The number of aliphatic hydroxyl groups excluding tert-OH is 1. The van der Waals surface area contributed by atoms with Crippen molar-refractivity contribution in [2.24, 2.45) is 0 Å². The maximum absolute atomic E-state index is 11.4. The molecular formula is C10H18N2O6. The molecule has 1 saturated heterocycles. The van der Waals surface area contributed by atoms with Crippen LogP contribution in [0.1, 0.15) is 6.42 Å². The number of hydrogen-bond donors (Lipinski definition) is 4. The van der Waals surface area contributed by atoms with E-state index < -0.39 is 30.3 Å². The summed E-state index contributed by atoms with van der Waals surface area (Å²) in [5.41, 5.74) is -0.560. The first kappa shape index (κ1) is 14.7. The SMILES string of the molecule is COC1(CNC(=O)NC(CO)C(=O)O)CCOC1. The Balaban J connectivity index is 2.38. The van der Waals surface area contributed by atoms with Gasteiger partial charge in [0.2, 0.25) is 0 Å². The lowest BCUT2D eigenvalue weighted by atomic mass is 10.0. The van der Waals surface area contributed by atoms with E-state index >= 15 is 0 Å². The largest absolute Gasteiger partial charge is 0.480 e. The molecule has 2 atom stereocenters. The molecule has 0 aromatic heterocycles. The molecule has 0 aromatic carbocycles. The van der Waals surface area contributed by atoms with Crippen LogP contribution in [0.15, 0.2) is 0 Å². The number of carbonyl (C=O) groups is 2. The van der Waals surface area contributed by atoms with Crippen LogP contribution in [0.5, 0.6) is 0 Å². The summed E-state index contributed by atoms with van der Waals surface area (Å²) in [5, 5.41) is 22.0. The molecule has 8 nitrogen and oxygen atoms in total. The third-order valence-corrected chi connectivity index (χ3v) is 2.86. The fraction of sp³-hybridized carbons (Fsp3) is 0.800. The van der Waals surface area contributed by atoms with Crippen LogP contribution in [0.4, 0.5) is 4.79 Å². The predicted molar refractivity (Wildman–Crippen MR) is 60.2 cm³/mol. The highest BCUT2D eigenvalue weighted by molar-refractivity contribution is 5.82. The van der Waals surface area contributed by atoms with Crippen LogP contribution < -0.4 is 10.6 Å². The van der Waals surface area contributed by atoms with Gasteiger partial charge < -0.3 is 30.3 Å². The molecule has 18 heavy (non-hydrogen) atoms. The van der Waals surface area contributed by atoms with E-state index in [4.69, 9.17) is 19.7 Å². The first-order chi connectivity index (χ1) is 8.53. The molecule has 104 valence electrons. The fourth-order valence-corrected chi connectivity index (χ4v) is 1.60. The molecule has 1 rings (SSSR count). The highest BCUT2D eigenvalue weighted by Gasteiger charge is 2.35. The van der Waals surface area contributed by atoms with Crippen molar-refractivity contribution in [3.05, 3.63) is 0 Å². The van der Waals surface area contributed by atoms with Gasteiger partial charge in [-0.1, -0.05) is 0 Å². The number of ether oxygens (including phenoxy) is 2. The minimum atomic E-state index is -1.32. The summed E-state index contributed by atoms with van der Waals surface area (Å²) in [6, 6.07) is -1.98. The molecule has 0 aliphatic carbocycles. The number of carboxylic acid groups (broad SMARTS) is 1.